The summed E-state index contributed by atoms with van der Waals surface area (Å²) >= 11 is 11.8. The fourth-order valence-electron chi connectivity index (χ4n) is 3.29. The molecule has 0 heterocycles. The van der Waals surface area contributed by atoms with Crippen LogP contribution in [0.3, 0.4) is 0 Å². The van der Waals surface area contributed by atoms with Crippen molar-refractivity contribution in [1.82, 2.24) is 0 Å². The number of hydrogen-bond donors (Lipinski definition) is 1. The van der Waals surface area contributed by atoms with Crippen molar-refractivity contribution in [3.05, 3.63) is 106 Å². The lowest BCUT2D eigenvalue weighted by Gasteiger charge is -2.21. The molecule has 1 unspecified atom stereocenters. The number of benzene rings is 3. The van der Waals surface area contributed by atoms with Gasteiger partial charge in [0, 0.05) is 21.3 Å². The summed E-state index contributed by atoms with van der Waals surface area (Å²) in [6.07, 6.45) is 3.26. The zero-order chi connectivity index (χ0) is 22.4. The lowest BCUT2D eigenvalue weighted by Crippen LogP contribution is -2.25. The van der Waals surface area contributed by atoms with E-state index >= 15 is 0 Å². The van der Waals surface area contributed by atoms with E-state index in [9.17, 15) is 9.59 Å². The number of allylic oxidation sites excluding steroid dienone is 1. The normalized spacial score (nSPS) is 12.2. The van der Waals surface area contributed by atoms with E-state index < -0.39 is 0 Å². The largest absolute Gasteiger partial charge is 0.326 e. The highest BCUT2D eigenvalue weighted by atomic mass is 35.5. The van der Waals surface area contributed by atoms with E-state index in [0.717, 1.165) is 11.1 Å². The van der Waals surface area contributed by atoms with Crippen LogP contribution in [0, 0.1) is 5.92 Å². The number of amides is 1. The molecule has 0 spiro atoms. The van der Waals surface area contributed by atoms with E-state index in [4.69, 9.17) is 23.2 Å². The first-order chi connectivity index (χ1) is 14.8. The zero-order valence-electron chi connectivity index (χ0n) is 17.3. The number of nitrogens with one attached hydrogen (secondary N) is 1. The highest BCUT2D eigenvalue weighted by molar-refractivity contribution is 6.30. The Kier molecular flexibility index (Phi) is 7.67. The van der Waals surface area contributed by atoms with Crippen LogP contribution in [0.4, 0.5) is 5.69 Å². The van der Waals surface area contributed by atoms with E-state index in [0.29, 0.717) is 21.3 Å². The maximum Gasteiger partial charge on any atom is 0.232 e. The van der Waals surface area contributed by atoms with Crippen LogP contribution in [0.5, 0.6) is 0 Å². The van der Waals surface area contributed by atoms with E-state index in [1.54, 1.807) is 54.6 Å². The molecule has 1 N–H and O–H groups in total. The molecule has 0 bridgehead atoms. The van der Waals surface area contributed by atoms with Crippen LogP contribution in [0.15, 0.2) is 78.9 Å². The minimum Gasteiger partial charge on any atom is -0.326 e. The Bertz CT molecular complexity index is 1070. The van der Waals surface area contributed by atoms with Crippen molar-refractivity contribution in [2.75, 3.05) is 5.32 Å². The zero-order valence-corrected chi connectivity index (χ0v) is 18.8. The third kappa shape index (κ3) is 6.30. The number of hydrogen-bond acceptors (Lipinski definition) is 2. The van der Waals surface area contributed by atoms with Crippen molar-refractivity contribution in [1.29, 1.82) is 0 Å². The minimum atomic E-state index is -0.305. The average Bonchev–Trinajstić information content (AvgIpc) is 2.75. The number of rotatable bonds is 7. The first kappa shape index (κ1) is 22.8. The van der Waals surface area contributed by atoms with Gasteiger partial charge in [0.05, 0.1) is 5.92 Å². The third-order valence-electron chi connectivity index (χ3n) is 4.91. The summed E-state index contributed by atoms with van der Waals surface area (Å²) in [6.45, 7) is 4.02. The monoisotopic (exact) mass is 451 g/mol. The van der Waals surface area contributed by atoms with Crippen molar-refractivity contribution < 1.29 is 9.59 Å². The molecular weight excluding hydrogens is 429 g/mol. The summed E-state index contributed by atoms with van der Waals surface area (Å²) in [5.74, 6) is -0.408. The summed E-state index contributed by atoms with van der Waals surface area (Å²) in [5, 5.41) is 4.24. The van der Waals surface area contributed by atoms with Crippen molar-refractivity contribution in [2.24, 2.45) is 5.92 Å². The molecule has 0 aliphatic rings. The van der Waals surface area contributed by atoms with Gasteiger partial charge < -0.3 is 5.32 Å². The van der Waals surface area contributed by atoms with Crippen LogP contribution >= 0.6 is 23.2 Å². The van der Waals surface area contributed by atoms with Gasteiger partial charge in [-0.2, -0.15) is 0 Å². The molecule has 1 amide bonds. The Morgan fingerprint density at radius 1 is 0.806 bits per heavy atom. The van der Waals surface area contributed by atoms with E-state index in [2.05, 4.69) is 5.32 Å². The number of carbonyl (C=O) groups is 2. The summed E-state index contributed by atoms with van der Waals surface area (Å²) < 4.78 is 0. The first-order valence-electron chi connectivity index (χ1n) is 9.98. The topological polar surface area (TPSA) is 46.2 Å². The Morgan fingerprint density at radius 3 is 1.90 bits per heavy atom. The number of halogens is 2. The van der Waals surface area contributed by atoms with Gasteiger partial charge in [-0.25, -0.2) is 0 Å². The fraction of sp³-hybridized carbons (Fsp3) is 0.154. The quantitative estimate of drug-likeness (QED) is 0.303. The third-order valence-corrected chi connectivity index (χ3v) is 5.42. The van der Waals surface area contributed by atoms with Gasteiger partial charge in [-0.15, -0.1) is 0 Å². The van der Waals surface area contributed by atoms with Crippen molar-refractivity contribution in [3.63, 3.8) is 0 Å². The number of ketones is 1. The second-order valence-corrected chi connectivity index (χ2v) is 8.46. The fourth-order valence-corrected chi connectivity index (χ4v) is 3.54. The molecule has 0 aliphatic heterocycles. The van der Waals surface area contributed by atoms with Gasteiger partial charge in [0.15, 0.2) is 5.78 Å². The second-order valence-electron chi connectivity index (χ2n) is 7.59. The molecule has 0 saturated heterocycles. The van der Waals surface area contributed by atoms with Crippen LogP contribution < -0.4 is 5.32 Å². The van der Waals surface area contributed by atoms with Crippen LogP contribution in [0.1, 0.15) is 41.3 Å². The molecule has 3 aromatic rings. The SMILES string of the molecule is CC(C)C(C(=O)Nc1ccc(C(=O)C=Cc2ccc(Cl)cc2)cc1)c1ccc(Cl)cc1. The van der Waals surface area contributed by atoms with Gasteiger partial charge in [0.1, 0.15) is 0 Å². The summed E-state index contributed by atoms with van der Waals surface area (Å²) in [5.41, 5.74) is 2.99. The molecular formula is C26H23Cl2NO2. The van der Waals surface area contributed by atoms with Crippen LogP contribution in [-0.2, 0) is 4.79 Å². The van der Waals surface area contributed by atoms with E-state index in [1.165, 1.54) is 6.08 Å². The van der Waals surface area contributed by atoms with E-state index in [-0.39, 0.29) is 23.5 Å². The Balaban J connectivity index is 1.67. The maximum atomic E-state index is 12.9. The predicted octanol–water partition coefficient (Wildman–Crippen LogP) is 7.27. The van der Waals surface area contributed by atoms with Crippen LogP contribution in [-0.4, -0.2) is 11.7 Å². The van der Waals surface area contributed by atoms with Gasteiger partial charge in [-0.3, -0.25) is 9.59 Å². The van der Waals surface area contributed by atoms with Gasteiger partial charge in [0.25, 0.3) is 0 Å². The smallest absolute Gasteiger partial charge is 0.232 e. The lowest BCUT2D eigenvalue weighted by atomic mass is 9.87. The standard InChI is InChI=1S/C26H23Cl2NO2/c1-17(2)25(20-6-12-22(28)13-7-20)26(31)29-23-14-8-19(9-15-23)24(30)16-5-18-3-10-21(27)11-4-18/h3-17,25H,1-2H3,(H,29,31). The lowest BCUT2D eigenvalue weighted by molar-refractivity contribution is -0.118. The first-order valence-corrected chi connectivity index (χ1v) is 10.7. The molecule has 0 aromatic heterocycles. The maximum absolute atomic E-state index is 12.9. The molecule has 0 aliphatic carbocycles. The molecule has 3 aromatic carbocycles. The summed E-state index contributed by atoms with van der Waals surface area (Å²) in [4.78, 5) is 25.3. The number of anilines is 1. The molecule has 0 fully saturated rings. The van der Waals surface area contributed by atoms with Gasteiger partial charge in [0.2, 0.25) is 5.91 Å². The molecule has 1 atom stereocenters. The van der Waals surface area contributed by atoms with Crippen molar-refractivity contribution in [3.8, 4) is 0 Å². The van der Waals surface area contributed by atoms with Gasteiger partial charge in [-0.05, 0) is 71.7 Å². The molecule has 0 radical (unpaired) electrons. The van der Waals surface area contributed by atoms with Gasteiger partial charge in [-0.1, -0.05) is 67.4 Å². The Morgan fingerprint density at radius 2 is 1.35 bits per heavy atom. The van der Waals surface area contributed by atoms with Crippen LogP contribution in [0.2, 0.25) is 10.0 Å². The predicted molar refractivity (Wildman–Crippen MR) is 129 cm³/mol. The highest BCUT2D eigenvalue weighted by Gasteiger charge is 2.24. The summed E-state index contributed by atoms with van der Waals surface area (Å²) in [7, 11) is 0. The molecule has 3 nitrogen and oxygen atoms in total. The molecule has 158 valence electrons. The molecule has 0 saturated carbocycles. The average molecular weight is 452 g/mol. The second kappa shape index (κ2) is 10.4. The van der Waals surface area contributed by atoms with E-state index in [1.807, 2.05) is 38.1 Å². The number of carbonyl (C=O) groups excluding carboxylic acids is 2. The van der Waals surface area contributed by atoms with Crippen molar-refractivity contribution in [2.45, 2.75) is 19.8 Å². The van der Waals surface area contributed by atoms with Crippen LogP contribution in [0.25, 0.3) is 6.08 Å². The minimum absolute atomic E-state index is 0.0981. The summed E-state index contributed by atoms with van der Waals surface area (Å²) in [6, 6.07) is 21.5. The molecule has 31 heavy (non-hydrogen) atoms. The molecule has 5 heteroatoms. The van der Waals surface area contributed by atoms with Gasteiger partial charge >= 0.3 is 0 Å². The Hall–Kier alpha value is -2.88. The Labute approximate surface area is 192 Å². The van der Waals surface area contributed by atoms with Crippen molar-refractivity contribution >= 4 is 46.7 Å². The molecule has 3 rings (SSSR count). The highest BCUT2D eigenvalue weighted by Crippen LogP contribution is 2.27.